The molecule has 164 valence electrons. The predicted molar refractivity (Wildman–Crippen MR) is 122 cm³/mol. The van der Waals surface area contributed by atoms with Gasteiger partial charge in [0, 0.05) is 17.8 Å². The molecule has 2 heterocycles. The van der Waals surface area contributed by atoms with Gasteiger partial charge in [0.1, 0.15) is 5.82 Å². The van der Waals surface area contributed by atoms with Crippen LogP contribution in [0.25, 0.3) is 0 Å². The minimum atomic E-state index is -0.855. The third-order valence-corrected chi connectivity index (χ3v) is 6.84. The summed E-state index contributed by atoms with van der Waals surface area (Å²) in [6.45, 7) is 0.373. The lowest BCUT2D eigenvalue weighted by Crippen LogP contribution is -2.49. The van der Waals surface area contributed by atoms with Crippen molar-refractivity contribution in [2.75, 3.05) is 11.9 Å². The number of carbonyl (C=O) groups is 2. The summed E-state index contributed by atoms with van der Waals surface area (Å²) >= 11 is 0. The molecule has 1 fully saturated rings. The summed E-state index contributed by atoms with van der Waals surface area (Å²) in [5.41, 5.74) is 2.17. The van der Waals surface area contributed by atoms with Gasteiger partial charge in [0.05, 0.1) is 23.1 Å². The van der Waals surface area contributed by atoms with Gasteiger partial charge in [0.15, 0.2) is 0 Å². The number of nitrogens with zero attached hydrogens (tertiary/aromatic N) is 2. The number of hydrogen-bond acceptors (Lipinski definition) is 3. The molecule has 1 spiro atoms. The number of anilines is 1. The van der Waals surface area contributed by atoms with Crippen LogP contribution in [0.5, 0.6) is 0 Å². The molecule has 2 amide bonds. The molecule has 3 aromatic carbocycles. The van der Waals surface area contributed by atoms with Crippen molar-refractivity contribution in [1.82, 2.24) is 4.90 Å². The molecule has 0 unspecified atom stereocenters. The highest BCUT2D eigenvalue weighted by Crippen LogP contribution is 2.49. The molecule has 6 heteroatoms. The second kappa shape index (κ2) is 8.18. The zero-order valence-corrected chi connectivity index (χ0v) is 17.9. The van der Waals surface area contributed by atoms with Crippen LogP contribution in [0.4, 0.5) is 10.1 Å². The molecule has 0 aliphatic carbocycles. The SMILES string of the molecule is N#Cc1cc(F)cc(C(=O)N2CC[C@@]3(C(=O)Nc4ccccc43)[C@@H]2CCc2ccccc2)c1. The zero-order valence-electron chi connectivity index (χ0n) is 17.9. The fourth-order valence-electron chi connectivity index (χ4n) is 5.34. The highest BCUT2D eigenvalue weighted by atomic mass is 19.1. The number of carbonyl (C=O) groups excluding carboxylic acids is 2. The first kappa shape index (κ1) is 20.9. The largest absolute Gasteiger partial charge is 0.334 e. The molecule has 3 aromatic rings. The zero-order chi connectivity index (χ0) is 23.0. The molecule has 0 saturated carbocycles. The number of fused-ring (bicyclic) bond motifs is 2. The Labute approximate surface area is 191 Å². The second-order valence-corrected chi connectivity index (χ2v) is 8.60. The van der Waals surface area contributed by atoms with E-state index < -0.39 is 17.3 Å². The highest BCUT2D eigenvalue weighted by Gasteiger charge is 2.58. The van der Waals surface area contributed by atoms with Crippen LogP contribution in [-0.4, -0.2) is 29.3 Å². The van der Waals surface area contributed by atoms with Crippen molar-refractivity contribution < 1.29 is 14.0 Å². The fourth-order valence-corrected chi connectivity index (χ4v) is 5.34. The average Bonchev–Trinajstić information content (AvgIpc) is 3.36. The number of halogens is 1. The normalized spacial score (nSPS) is 21.0. The van der Waals surface area contributed by atoms with Crippen LogP contribution in [0.1, 0.15) is 39.9 Å². The Balaban J connectivity index is 1.55. The van der Waals surface area contributed by atoms with Gasteiger partial charge >= 0.3 is 0 Å². The van der Waals surface area contributed by atoms with Gasteiger partial charge in [-0.15, -0.1) is 0 Å². The maximum absolute atomic E-state index is 14.1. The van der Waals surface area contributed by atoms with Crippen molar-refractivity contribution in [1.29, 1.82) is 5.26 Å². The van der Waals surface area contributed by atoms with E-state index in [9.17, 15) is 19.2 Å². The third kappa shape index (κ3) is 3.46. The maximum Gasteiger partial charge on any atom is 0.254 e. The van der Waals surface area contributed by atoms with E-state index in [2.05, 4.69) is 5.32 Å². The summed E-state index contributed by atoms with van der Waals surface area (Å²) in [4.78, 5) is 28.6. The number of benzene rings is 3. The fraction of sp³-hybridized carbons (Fsp3) is 0.222. The molecule has 0 bridgehead atoms. The summed E-state index contributed by atoms with van der Waals surface area (Å²) in [6, 6.07) is 22.8. The van der Waals surface area contributed by atoms with Gasteiger partial charge in [-0.2, -0.15) is 5.26 Å². The Kier molecular flexibility index (Phi) is 5.18. The van der Waals surface area contributed by atoms with Crippen LogP contribution < -0.4 is 5.32 Å². The molecular weight excluding hydrogens is 417 g/mol. The van der Waals surface area contributed by atoms with Gasteiger partial charge in [0.2, 0.25) is 5.91 Å². The van der Waals surface area contributed by atoms with E-state index in [0.29, 0.717) is 25.8 Å². The third-order valence-electron chi connectivity index (χ3n) is 6.84. The van der Waals surface area contributed by atoms with Crippen LogP contribution in [-0.2, 0) is 16.6 Å². The molecule has 0 radical (unpaired) electrons. The summed E-state index contributed by atoms with van der Waals surface area (Å²) in [6.07, 6.45) is 1.76. The van der Waals surface area contributed by atoms with Crippen molar-refractivity contribution in [2.24, 2.45) is 0 Å². The Morgan fingerprint density at radius 3 is 2.67 bits per heavy atom. The minimum Gasteiger partial charge on any atom is -0.334 e. The van der Waals surface area contributed by atoms with Crippen LogP contribution in [0.2, 0.25) is 0 Å². The number of aryl methyl sites for hydroxylation is 1. The van der Waals surface area contributed by atoms with E-state index in [1.165, 1.54) is 6.07 Å². The Hall–Kier alpha value is -3.98. The number of hydrogen-bond donors (Lipinski definition) is 1. The van der Waals surface area contributed by atoms with Crippen molar-refractivity contribution >= 4 is 17.5 Å². The van der Waals surface area contributed by atoms with E-state index in [0.717, 1.165) is 28.9 Å². The van der Waals surface area contributed by atoms with Crippen LogP contribution in [0, 0.1) is 17.1 Å². The summed E-state index contributed by atoms with van der Waals surface area (Å²) in [5.74, 6) is -1.09. The van der Waals surface area contributed by atoms with Gasteiger partial charge in [0.25, 0.3) is 5.91 Å². The Morgan fingerprint density at radius 2 is 1.88 bits per heavy atom. The first-order valence-corrected chi connectivity index (χ1v) is 11.0. The molecule has 1 N–H and O–H groups in total. The van der Waals surface area contributed by atoms with Gasteiger partial charge in [-0.1, -0.05) is 48.5 Å². The lowest BCUT2D eigenvalue weighted by Gasteiger charge is -2.34. The van der Waals surface area contributed by atoms with Crippen LogP contribution in [0.3, 0.4) is 0 Å². The maximum atomic E-state index is 14.1. The molecule has 2 aliphatic rings. The number of para-hydroxylation sites is 1. The first-order chi connectivity index (χ1) is 16.0. The predicted octanol–water partition coefficient (Wildman–Crippen LogP) is 4.43. The molecular formula is C27H22FN3O2. The topological polar surface area (TPSA) is 73.2 Å². The summed E-state index contributed by atoms with van der Waals surface area (Å²) in [5, 5.41) is 12.2. The highest BCUT2D eigenvalue weighted by molar-refractivity contribution is 6.08. The van der Waals surface area contributed by atoms with Gasteiger partial charge in [-0.25, -0.2) is 4.39 Å². The smallest absolute Gasteiger partial charge is 0.254 e. The number of likely N-dealkylation sites (tertiary alicyclic amines) is 1. The Morgan fingerprint density at radius 1 is 1.12 bits per heavy atom. The van der Waals surface area contributed by atoms with Crippen LogP contribution >= 0.6 is 0 Å². The number of rotatable bonds is 4. The van der Waals surface area contributed by atoms with Gasteiger partial charge in [-0.05, 0) is 54.7 Å². The van der Waals surface area contributed by atoms with Gasteiger partial charge < -0.3 is 10.2 Å². The summed E-state index contributed by atoms with van der Waals surface area (Å²) in [7, 11) is 0. The van der Waals surface area contributed by atoms with Crippen molar-refractivity contribution in [3.63, 3.8) is 0 Å². The second-order valence-electron chi connectivity index (χ2n) is 8.60. The summed E-state index contributed by atoms with van der Waals surface area (Å²) < 4.78 is 14.1. The molecule has 0 aromatic heterocycles. The van der Waals surface area contributed by atoms with E-state index in [1.54, 1.807) is 4.90 Å². The Bertz CT molecular complexity index is 1280. The molecule has 5 rings (SSSR count). The number of nitrogens with one attached hydrogen (secondary N) is 1. The minimum absolute atomic E-state index is 0.0945. The lowest BCUT2D eigenvalue weighted by atomic mass is 9.73. The average molecular weight is 439 g/mol. The van der Waals surface area contributed by atoms with E-state index in [4.69, 9.17) is 0 Å². The van der Waals surface area contributed by atoms with Gasteiger partial charge in [-0.3, -0.25) is 9.59 Å². The lowest BCUT2D eigenvalue weighted by molar-refractivity contribution is -0.121. The molecule has 2 aliphatic heterocycles. The molecule has 5 nitrogen and oxygen atoms in total. The monoisotopic (exact) mass is 439 g/mol. The van der Waals surface area contributed by atoms with E-state index >= 15 is 0 Å². The number of amides is 2. The van der Waals surface area contributed by atoms with Crippen molar-refractivity contribution in [2.45, 2.75) is 30.7 Å². The number of nitriles is 1. The first-order valence-electron chi connectivity index (χ1n) is 11.0. The van der Waals surface area contributed by atoms with E-state index in [-0.39, 0.29) is 22.9 Å². The van der Waals surface area contributed by atoms with Crippen molar-refractivity contribution in [3.8, 4) is 6.07 Å². The molecule has 33 heavy (non-hydrogen) atoms. The van der Waals surface area contributed by atoms with Crippen LogP contribution in [0.15, 0.2) is 72.8 Å². The van der Waals surface area contributed by atoms with Crippen molar-refractivity contribution in [3.05, 3.63) is 101 Å². The molecule has 2 atom stereocenters. The quantitative estimate of drug-likeness (QED) is 0.653. The molecule has 1 saturated heterocycles. The standard InChI is InChI=1S/C27H22FN3O2/c28-21-15-19(17-29)14-20(16-21)25(32)31-13-12-27(22-8-4-5-9-23(22)30-26(27)33)24(31)11-10-18-6-2-1-3-7-18/h1-9,14-16,24H,10-13H2,(H,30,33)/t24-,27-/m0/s1. The van der Waals surface area contributed by atoms with E-state index in [1.807, 2.05) is 60.7 Å².